The molecule has 2 amide bonds. The van der Waals surface area contributed by atoms with Gasteiger partial charge >= 0.3 is 0 Å². The van der Waals surface area contributed by atoms with E-state index in [0.29, 0.717) is 21.1 Å². The number of halogens is 1. The van der Waals surface area contributed by atoms with E-state index in [2.05, 4.69) is 63.0 Å². The second-order valence-corrected chi connectivity index (χ2v) is 8.30. The fourth-order valence-corrected chi connectivity index (χ4v) is 3.72. The molecule has 3 aromatic rings. The van der Waals surface area contributed by atoms with E-state index < -0.39 is 5.91 Å². The molecule has 0 aliphatic carbocycles. The highest BCUT2D eigenvalue weighted by Gasteiger charge is 2.13. The monoisotopic (exact) mass is 473 g/mol. The summed E-state index contributed by atoms with van der Waals surface area (Å²) in [7, 11) is 0. The van der Waals surface area contributed by atoms with Gasteiger partial charge in [0.2, 0.25) is 5.91 Å². The molecule has 0 aliphatic rings. The minimum atomic E-state index is -0.399. The van der Waals surface area contributed by atoms with E-state index in [0.717, 1.165) is 5.69 Å². The highest BCUT2D eigenvalue weighted by molar-refractivity contribution is 9.10. The van der Waals surface area contributed by atoms with Crippen LogP contribution in [0.2, 0.25) is 0 Å². The van der Waals surface area contributed by atoms with Gasteiger partial charge in [-0.2, -0.15) is 0 Å². The van der Waals surface area contributed by atoms with Gasteiger partial charge < -0.3 is 0 Å². The van der Waals surface area contributed by atoms with E-state index >= 15 is 0 Å². The van der Waals surface area contributed by atoms with Crippen LogP contribution in [0.25, 0.3) is 5.69 Å². The summed E-state index contributed by atoms with van der Waals surface area (Å²) in [6.45, 7) is 4.28. The Hall–Kier alpha value is -2.65. The molecule has 0 bridgehead atoms. The number of aromatic nitrogens is 3. The van der Waals surface area contributed by atoms with Gasteiger partial charge in [-0.15, -0.1) is 10.2 Å². The Morgan fingerprint density at radius 2 is 1.83 bits per heavy atom. The smallest absolute Gasteiger partial charge is 0.270 e. The van der Waals surface area contributed by atoms with Crippen molar-refractivity contribution in [1.29, 1.82) is 0 Å². The molecular formula is C20H20BrN5O2S. The maximum absolute atomic E-state index is 12.1. The van der Waals surface area contributed by atoms with Crippen molar-refractivity contribution < 1.29 is 9.59 Å². The third kappa shape index (κ3) is 5.45. The molecule has 0 saturated carbocycles. The molecule has 0 unspecified atom stereocenters. The Morgan fingerprint density at radius 1 is 1.10 bits per heavy atom. The van der Waals surface area contributed by atoms with Crippen LogP contribution in [0.5, 0.6) is 0 Å². The quantitative estimate of drug-likeness (QED) is 0.420. The molecule has 2 aromatic carbocycles. The number of hydrogen-bond acceptors (Lipinski definition) is 5. The van der Waals surface area contributed by atoms with Gasteiger partial charge in [0.05, 0.1) is 11.3 Å². The first-order valence-electron chi connectivity index (χ1n) is 8.92. The van der Waals surface area contributed by atoms with Gasteiger partial charge in [0.25, 0.3) is 5.91 Å². The normalized spacial score (nSPS) is 10.8. The largest absolute Gasteiger partial charge is 0.277 e. The number of nitrogens with zero attached hydrogens (tertiary/aromatic N) is 3. The molecule has 0 saturated heterocycles. The number of benzene rings is 2. The van der Waals surface area contributed by atoms with Crippen LogP contribution in [-0.2, 0) is 4.79 Å². The Kier molecular flexibility index (Phi) is 7.05. The van der Waals surface area contributed by atoms with Gasteiger partial charge in [-0.3, -0.25) is 25.0 Å². The molecule has 0 atom stereocenters. The lowest BCUT2D eigenvalue weighted by atomic mass is 10.0. The molecule has 0 fully saturated rings. The lowest BCUT2D eigenvalue weighted by molar-refractivity contribution is -0.119. The molecule has 0 aliphatic heterocycles. The average Bonchev–Trinajstić information content (AvgIpc) is 3.19. The summed E-state index contributed by atoms with van der Waals surface area (Å²) in [5.74, 6) is -0.211. The van der Waals surface area contributed by atoms with E-state index in [4.69, 9.17) is 0 Å². The van der Waals surface area contributed by atoms with Crippen LogP contribution in [0.1, 0.15) is 35.7 Å². The van der Waals surface area contributed by atoms with Crippen molar-refractivity contribution in [3.8, 4) is 5.69 Å². The van der Waals surface area contributed by atoms with Crippen LogP contribution in [0, 0.1) is 0 Å². The van der Waals surface area contributed by atoms with Gasteiger partial charge in [0, 0.05) is 10.2 Å². The highest BCUT2D eigenvalue weighted by atomic mass is 79.9. The van der Waals surface area contributed by atoms with Crippen molar-refractivity contribution in [2.24, 2.45) is 0 Å². The number of amides is 2. The number of thioether (sulfide) groups is 1. The van der Waals surface area contributed by atoms with E-state index in [1.54, 1.807) is 24.5 Å². The minimum Gasteiger partial charge on any atom is -0.277 e. The number of carbonyl (C=O) groups is 2. The lowest BCUT2D eigenvalue weighted by Crippen LogP contribution is -2.42. The molecule has 1 aromatic heterocycles. The van der Waals surface area contributed by atoms with E-state index in [9.17, 15) is 9.59 Å². The fraction of sp³-hybridized carbons (Fsp3) is 0.200. The van der Waals surface area contributed by atoms with E-state index in [-0.39, 0.29) is 11.7 Å². The number of nitrogens with one attached hydrogen (secondary N) is 2. The summed E-state index contributed by atoms with van der Waals surface area (Å²) in [5, 5.41) is 8.61. The summed E-state index contributed by atoms with van der Waals surface area (Å²) in [5.41, 5.74) is 7.42. The standard InChI is InChI=1S/C20H20BrN5O2S/c1-13(2)14-7-9-15(10-8-14)26-12-22-25-20(26)29-11-18(27)23-24-19(28)16-5-3-4-6-17(16)21/h3-10,12-13H,11H2,1-2H3,(H,23,27)(H,24,28). The second-order valence-electron chi connectivity index (χ2n) is 6.50. The minimum absolute atomic E-state index is 0.0824. The zero-order valence-electron chi connectivity index (χ0n) is 15.9. The zero-order valence-corrected chi connectivity index (χ0v) is 18.3. The zero-order chi connectivity index (χ0) is 20.8. The van der Waals surface area contributed by atoms with Crippen LogP contribution in [-0.4, -0.2) is 32.3 Å². The lowest BCUT2D eigenvalue weighted by Gasteiger charge is -2.10. The van der Waals surface area contributed by atoms with Gasteiger partial charge in [0.15, 0.2) is 5.16 Å². The molecule has 1 heterocycles. The third-order valence-electron chi connectivity index (χ3n) is 4.12. The summed E-state index contributed by atoms with van der Waals surface area (Å²) in [4.78, 5) is 24.2. The molecule has 9 heteroatoms. The number of hydrogen-bond donors (Lipinski definition) is 2. The van der Waals surface area contributed by atoms with E-state index in [1.165, 1.54) is 17.3 Å². The first-order valence-corrected chi connectivity index (χ1v) is 10.7. The second kappa shape index (κ2) is 9.71. The van der Waals surface area contributed by atoms with Crippen molar-refractivity contribution >= 4 is 39.5 Å². The third-order valence-corrected chi connectivity index (χ3v) is 5.76. The summed E-state index contributed by atoms with van der Waals surface area (Å²) >= 11 is 4.54. The first-order chi connectivity index (χ1) is 14.0. The maximum atomic E-state index is 12.1. The summed E-state index contributed by atoms with van der Waals surface area (Å²) < 4.78 is 2.47. The van der Waals surface area contributed by atoms with E-state index in [1.807, 2.05) is 22.8 Å². The number of carbonyl (C=O) groups excluding carboxylic acids is 2. The Balaban J connectivity index is 1.55. The van der Waals surface area contributed by atoms with Gasteiger partial charge in [-0.1, -0.05) is 49.9 Å². The molecule has 3 rings (SSSR count). The Labute approximate surface area is 181 Å². The first kappa shape index (κ1) is 21.1. The average molecular weight is 474 g/mol. The molecule has 29 heavy (non-hydrogen) atoms. The van der Waals surface area contributed by atoms with Crippen LogP contribution < -0.4 is 10.9 Å². The number of rotatable bonds is 6. The Bertz CT molecular complexity index is 1000. The fourth-order valence-electron chi connectivity index (χ4n) is 2.53. The molecule has 0 spiro atoms. The van der Waals surface area contributed by atoms with Gasteiger partial charge in [-0.25, -0.2) is 0 Å². The van der Waals surface area contributed by atoms with Crippen LogP contribution in [0.4, 0.5) is 0 Å². The summed E-state index contributed by atoms with van der Waals surface area (Å²) in [6.07, 6.45) is 1.61. The van der Waals surface area contributed by atoms with Crippen LogP contribution in [0.3, 0.4) is 0 Å². The Morgan fingerprint density at radius 3 is 2.52 bits per heavy atom. The molecule has 0 radical (unpaired) electrons. The van der Waals surface area contributed by atoms with Crippen molar-refractivity contribution in [3.63, 3.8) is 0 Å². The summed E-state index contributed by atoms with van der Waals surface area (Å²) in [6, 6.07) is 15.1. The molecule has 7 nitrogen and oxygen atoms in total. The molecule has 2 N–H and O–H groups in total. The highest BCUT2D eigenvalue weighted by Crippen LogP contribution is 2.21. The number of hydrazine groups is 1. The van der Waals surface area contributed by atoms with Crippen LogP contribution >= 0.6 is 27.7 Å². The predicted molar refractivity (Wildman–Crippen MR) is 116 cm³/mol. The predicted octanol–water partition coefficient (Wildman–Crippen LogP) is 3.71. The van der Waals surface area contributed by atoms with Gasteiger partial charge in [-0.05, 0) is 51.7 Å². The van der Waals surface area contributed by atoms with Crippen LogP contribution in [0.15, 0.2) is 64.5 Å². The SMILES string of the molecule is CC(C)c1ccc(-n2cnnc2SCC(=O)NNC(=O)c2ccccc2Br)cc1. The molecular weight excluding hydrogens is 454 g/mol. The molecule has 150 valence electrons. The topological polar surface area (TPSA) is 88.9 Å². The van der Waals surface area contributed by atoms with Gasteiger partial charge in [0.1, 0.15) is 6.33 Å². The van der Waals surface area contributed by atoms with Crippen molar-refractivity contribution in [2.45, 2.75) is 24.9 Å². The van der Waals surface area contributed by atoms with Crippen molar-refractivity contribution in [1.82, 2.24) is 25.6 Å². The maximum Gasteiger partial charge on any atom is 0.270 e. The van der Waals surface area contributed by atoms with Crippen molar-refractivity contribution in [3.05, 3.63) is 70.5 Å². The van der Waals surface area contributed by atoms with Crippen molar-refractivity contribution in [2.75, 3.05) is 5.75 Å².